The molecular formula is C24H40O22. The van der Waals surface area contributed by atoms with Crippen LogP contribution in [0.4, 0.5) is 0 Å². The van der Waals surface area contributed by atoms with Gasteiger partial charge in [-0.1, -0.05) is 0 Å². The predicted octanol–water partition coefficient (Wildman–Crippen LogP) is -9.66. The first-order valence-electron chi connectivity index (χ1n) is 14.1. The van der Waals surface area contributed by atoms with E-state index in [2.05, 4.69) is 0 Å². The van der Waals surface area contributed by atoms with Crippen LogP contribution in [0.3, 0.4) is 0 Å². The summed E-state index contributed by atoms with van der Waals surface area (Å²) in [7, 11) is 0. The van der Waals surface area contributed by atoms with Crippen molar-refractivity contribution in [3.05, 3.63) is 0 Å². The Kier molecular flexibility index (Phi) is 12.6. The fourth-order valence-electron chi connectivity index (χ4n) is 5.53. The second-order valence-corrected chi connectivity index (χ2v) is 11.2. The minimum Gasteiger partial charge on any atom is -0.479 e. The van der Waals surface area contributed by atoms with Gasteiger partial charge in [-0.05, 0) is 0 Å². The minimum atomic E-state index is -2.09. The zero-order chi connectivity index (χ0) is 34.2. The lowest BCUT2D eigenvalue weighted by molar-refractivity contribution is -0.386. The summed E-state index contributed by atoms with van der Waals surface area (Å²) in [6.07, 6.45) is -37.7. The number of carbonyl (C=O) groups is 1. The molecular weight excluding hydrogens is 640 g/mol. The Labute approximate surface area is 258 Å². The van der Waals surface area contributed by atoms with E-state index in [0.29, 0.717) is 0 Å². The van der Waals surface area contributed by atoms with Gasteiger partial charge in [0.15, 0.2) is 31.3 Å². The molecule has 22 heteroatoms. The van der Waals surface area contributed by atoms with E-state index in [1.807, 2.05) is 0 Å². The van der Waals surface area contributed by atoms with Crippen LogP contribution in [0.15, 0.2) is 0 Å². The van der Waals surface area contributed by atoms with Gasteiger partial charge in [-0.2, -0.15) is 0 Å². The first-order chi connectivity index (χ1) is 21.7. The Bertz CT molecular complexity index is 986. The Morgan fingerprint density at radius 3 is 1.20 bits per heavy atom. The van der Waals surface area contributed by atoms with Gasteiger partial charge in [0.1, 0.15) is 91.6 Å². The first kappa shape index (κ1) is 37.5. The smallest absolute Gasteiger partial charge is 0.335 e. The largest absolute Gasteiger partial charge is 0.479 e. The summed E-state index contributed by atoms with van der Waals surface area (Å²) in [5.41, 5.74) is 0. The number of hydrogen-bond acceptors (Lipinski definition) is 21. The molecule has 20 atom stereocenters. The maximum absolute atomic E-state index is 11.4. The Hall–Kier alpha value is -1.33. The molecule has 0 bridgehead atoms. The van der Waals surface area contributed by atoms with Gasteiger partial charge < -0.3 is 105 Å². The van der Waals surface area contributed by atoms with Crippen molar-refractivity contribution in [1.82, 2.24) is 0 Å². The van der Waals surface area contributed by atoms with Crippen LogP contribution in [0.5, 0.6) is 0 Å². The second-order valence-electron chi connectivity index (χ2n) is 11.2. The van der Waals surface area contributed by atoms with Crippen molar-refractivity contribution in [2.24, 2.45) is 0 Å². The normalized spacial score (nSPS) is 51.9. The molecule has 0 aromatic heterocycles. The van der Waals surface area contributed by atoms with Gasteiger partial charge in [0, 0.05) is 0 Å². The van der Waals surface area contributed by atoms with Crippen molar-refractivity contribution in [1.29, 1.82) is 0 Å². The lowest BCUT2D eigenvalue weighted by Crippen LogP contribution is -2.67. The van der Waals surface area contributed by atoms with Crippen LogP contribution in [-0.2, 0) is 38.0 Å². The highest BCUT2D eigenvalue weighted by molar-refractivity contribution is 5.73. The standard InChI is InChI=1S/C24H40O22/c25-1-4-16(9(30)12(33)21(39)40-4)43-22-14(35)10(31)17(5(2-26)41-22)44-23-15(36)11(32)18(6(3-27)42-23)45-24-13(34)7(28)8(29)19(46-24)20(37)38/h4-19,21-36,39H,1-3H2,(H,37,38)/t4?,5?,6?,7?,8-,9?,10+,11?,12?,13?,14?,15?,16-,17+,18+,19?,21-,22+,23-,24+/m0/s1. The number of carboxylic acid groups (broad SMARTS) is 1. The van der Waals surface area contributed by atoms with E-state index in [4.69, 9.17) is 33.2 Å². The molecule has 14 N–H and O–H groups in total. The van der Waals surface area contributed by atoms with E-state index >= 15 is 0 Å². The maximum Gasteiger partial charge on any atom is 0.335 e. The van der Waals surface area contributed by atoms with E-state index in [0.717, 1.165) is 0 Å². The van der Waals surface area contributed by atoms with Crippen LogP contribution in [0, 0.1) is 0 Å². The van der Waals surface area contributed by atoms with Crippen LogP contribution in [0.2, 0.25) is 0 Å². The molecule has 4 aliphatic heterocycles. The van der Waals surface area contributed by atoms with Gasteiger partial charge in [0.05, 0.1) is 19.8 Å². The van der Waals surface area contributed by atoms with Crippen molar-refractivity contribution >= 4 is 5.97 Å². The maximum atomic E-state index is 11.4. The van der Waals surface area contributed by atoms with Crippen molar-refractivity contribution < 1.29 is 109 Å². The number of ether oxygens (including phenoxy) is 7. The van der Waals surface area contributed by atoms with Gasteiger partial charge in [-0.15, -0.1) is 0 Å². The third-order valence-electron chi connectivity index (χ3n) is 8.17. The quantitative estimate of drug-likeness (QED) is 0.102. The molecule has 0 aromatic carbocycles. The van der Waals surface area contributed by atoms with Crippen LogP contribution >= 0.6 is 0 Å². The second kappa shape index (κ2) is 15.5. The summed E-state index contributed by atoms with van der Waals surface area (Å²) >= 11 is 0. The molecule has 0 aliphatic carbocycles. The molecule has 4 aliphatic rings. The van der Waals surface area contributed by atoms with E-state index in [1.54, 1.807) is 0 Å². The lowest BCUT2D eigenvalue weighted by atomic mass is 9.95. The molecule has 0 saturated carbocycles. The molecule has 11 unspecified atom stereocenters. The monoisotopic (exact) mass is 680 g/mol. The number of hydrogen-bond donors (Lipinski definition) is 14. The molecule has 4 heterocycles. The SMILES string of the molecule is O=C(O)C1O[C@@H](O[C@@H]2C(CO)O[C@@H](O[C@@H]3C(CO)O[C@H](O[C@H]4C(CO)O[C@H](O)C(O)C4O)C(O)[C@H]3O)C(O)C2O)C(O)C(O)[C@@H]1O. The number of aliphatic hydroxyl groups excluding tert-OH is 13. The van der Waals surface area contributed by atoms with Crippen molar-refractivity contribution in [2.45, 2.75) is 123 Å². The Morgan fingerprint density at radius 1 is 0.457 bits per heavy atom. The van der Waals surface area contributed by atoms with Gasteiger partial charge in [-0.25, -0.2) is 4.79 Å². The van der Waals surface area contributed by atoms with E-state index in [-0.39, 0.29) is 0 Å². The number of rotatable bonds is 10. The summed E-state index contributed by atoms with van der Waals surface area (Å²) in [5.74, 6) is -1.73. The average Bonchev–Trinajstić information content (AvgIpc) is 3.03. The van der Waals surface area contributed by atoms with E-state index < -0.39 is 149 Å². The molecule has 4 rings (SSSR count). The minimum absolute atomic E-state index is 0.823. The highest BCUT2D eigenvalue weighted by Crippen LogP contribution is 2.34. The summed E-state index contributed by atoms with van der Waals surface area (Å²) in [5, 5.41) is 142. The summed E-state index contributed by atoms with van der Waals surface area (Å²) < 4.78 is 37.2. The molecule has 4 fully saturated rings. The highest BCUT2D eigenvalue weighted by atomic mass is 16.8. The van der Waals surface area contributed by atoms with Crippen LogP contribution < -0.4 is 0 Å². The lowest BCUT2D eigenvalue weighted by Gasteiger charge is -2.48. The van der Waals surface area contributed by atoms with Gasteiger partial charge in [-0.3, -0.25) is 0 Å². The molecule has 4 saturated heterocycles. The van der Waals surface area contributed by atoms with Crippen LogP contribution in [-0.4, -0.2) is 220 Å². The molecule has 0 aromatic rings. The molecule has 0 spiro atoms. The predicted molar refractivity (Wildman–Crippen MR) is 134 cm³/mol. The summed E-state index contributed by atoms with van der Waals surface area (Å²) in [4.78, 5) is 11.4. The van der Waals surface area contributed by atoms with Crippen molar-refractivity contribution in [2.75, 3.05) is 19.8 Å². The van der Waals surface area contributed by atoms with Gasteiger partial charge >= 0.3 is 5.97 Å². The average molecular weight is 681 g/mol. The van der Waals surface area contributed by atoms with Gasteiger partial charge in [0.2, 0.25) is 0 Å². The third kappa shape index (κ3) is 7.31. The van der Waals surface area contributed by atoms with Crippen molar-refractivity contribution in [3.8, 4) is 0 Å². The molecule has 46 heavy (non-hydrogen) atoms. The third-order valence-corrected chi connectivity index (χ3v) is 8.17. The molecule has 0 radical (unpaired) electrons. The fourth-order valence-corrected chi connectivity index (χ4v) is 5.53. The Morgan fingerprint density at radius 2 is 0.804 bits per heavy atom. The van der Waals surface area contributed by atoms with Crippen LogP contribution in [0.25, 0.3) is 0 Å². The highest BCUT2D eigenvalue weighted by Gasteiger charge is 2.55. The van der Waals surface area contributed by atoms with E-state index in [9.17, 15) is 76.3 Å². The number of carboxylic acids is 1. The van der Waals surface area contributed by atoms with Gasteiger partial charge in [0.25, 0.3) is 0 Å². The fraction of sp³-hybridized carbons (Fsp3) is 0.958. The zero-order valence-electron chi connectivity index (χ0n) is 23.7. The van der Waals surface area contributed by atoms with E-state index in [1.165, 1.54) is 0 Å². The zero-order valence-corrected chi connectivity index (χ0v) is 23.7. The molecule has 268 valence electrons. The number of aliphatic hydroxyl groups is 13. The summed E-state index contributed by atoms with van der Waals surface area (Å²) in [6, 6.07) is 0. The molecule has 22 nitrogen and oxygen atoms in total. The topological polar surface area (TPSA) is 365 Å². The Balaban J connectivity index is 1.44. The molecule has 0 amide bonds. The summed E-state index contributed by atoms with van der Waals surface area (Å²) in [6.45, 7) is -2.72. The van der Waals surface area contributed by atoms with Crippen LogP contribution in [0.1, 0.15) is 0 Å². The number of aliphatic carboxylic acids is 1. The first-order valence-corrected chi connectivity index (χ1v) is 14.1. The van der Waals surface area contributed by atoms with Crippen molar-refractivity contribution in [3.63, 3.8) is 0 Å².